The molecule has 0 aromatic heterocycles. The lowest BCUT2D eigenvalue weighted by molar-refractivity contribution is -0.131. The number of nitrogens with one attached hydrogen (secondary N) is 1. The lowest BCUT2D eigenvalue weighted by Gasteiger charge is -2.33. The molecule has 212 valence electrons. The lowest BCUT2D eigenvalue weighted by atomic mass is 9.88. The summed E-state index contributed by atoms with van der Waals surface area (Å²) >= 11 is 11.9. The Kier molecular flexibility index (Phi) is 15.1. The quantitative estimate of drug-likeness (QED) is 0.369. The van der Waals surface area contributed by atoms with Crippen molar-refractivity contribution < 1.29 is 9.53 Å². The molecule has 0 aliphatic carbocycles. The third-order valence-electron chi connectivity index (χ3n) is 7.01. The molecule has 2 heterocycles. The highest BCUT2D eigenvalue weighted by atomic mass is 35.5. The minimum absolute atomic E-state index is 0.185. The van der Waals surface area contributed by atoms with Gasteiger partial charge in [-0.3, -0.25) is 9.69 Å². The van der Waals surface area contributed by atoms with Crippen molar-refractivity contribution in [1.29, 1.82) is 0 Å². The maximum Gasteiger partial charge on any atom is 0.236 e. The Labute approximate surface area is 240 Å². The van der Waals surface area contributed by atoms with Crippen LogP contribution in [0.5, 0.6) is 5.75 Å². The fourth-order valence-electron chi connectivity index (χ4n) is 4.87. The van der Waals surface area contributed by atoms with Crippen LogP contribution in [0.2, 0.25) is 10.0 Å². The Morgan fingerprint density at radius 1 is 1.00 bits per heavy atom. The van der Waals surface area contributed by atoms with Crippen molar-refractivity contribution in [2.45, 2.75) is 71.8 Å². The van der Waals surface area contributed by atoms with Crippen LogP contribution in [0.1, 0.15) is 69.9 Å². The molecule has 1 unspecified atom stereocenters. The molecule has 5 nitrogen and oxygen atoms in total. The number of ether oxygens (including phenoxy) is 1. The molecule has 2 aliphatic heterocycles. The molecule has 1 atom stereocenters. The molecule has 2 aliphatic rings. The zero-order chi connectivity index (χ0) is 27.9. The highest BCUT2D eigenvalue weighted by Crippen LogP contribution is 2.36. The monoisotopic (exact) mass is 563 g/mol. The number of nitrogens with zero attached hydrogens (tertiary/aromatic N) is 2. The van der Waals surface area contributed by atoms with E-state index in [9.17, 15) is 4.79 Å². The summed E-state index contributed by atoms with van der Waals surface area (Å²) in [6.45, 7) is 13.6. The van der Waals surface area contributed by atoms with E-state index in [1.807, 2.05) is 69.1 Å². The number of likely N-dealkylation sites (tertiary alicyclic amines) is 2. The number of rotatable bonds is 8. The molecule has 2 aromatic carbocycles. The summed E-state index contributed by atoms with van der Waals surface area (Å²) in [5.74, 6) is 1.53. The summed E-state index contributed by atoms with van der Waals surface area (Å²) in [6, 6.07) is 13.8. The van der Waals surface area contributed by atoms with E-state index in [1.54, 1.807) is 0 Å². The van der Waals surface area contributed by atoms with Gasteiger partial charge < -0.3 is 15.0 Å². The fraction of sp³-hybridized carbons (Fsp3) is 0.581. The largest absolute Gasteiger partial charge is 0.489 e. The van der Waals surface area contributed by atoms with Crippen molar-refractivity contribution in [2.24, 2.45) is 0 Å². The van der Waals surface area contributed by atoms with Gasteiger partial charge in [0.1, 0.15) is 11.9 Å². The van der Waals surface area contributed by atoms with Crippen molar-refractivity contribution in [3.63, 3.8) is 0 Å². The minimum atomic E-state index is 0.185. The third-order valence-corrected chi connectivity index (χ3v) is 7.50. The van der Waals surface area contributed by atoms with Gasteiger partial charge in [-0.1, -0.05) is 67.7 Å². The van der Waals surface area contributed by atoms with Crippen molar-refractivity contribution in [2.75, 3.05) is 46.3 Å². The number of hydrogen-bond donors (Lipinski definition) is 1. The molecule has 0 radical (unpaired) electrons. The third kappa shape index (κ3) is 10.8. The summed E-state index contributed by atoms with van der Waals surface area (Å²) in [5, 5.41) is 4.47. The predicted molar refractivity (Wildman–Crippen MR) is 162 cm³/mol. The van der Waals surface area contributed by atoms with Crippen LogP contribution in [0.4, 0.5) is 0 Å². The van der Waals surface area contributed by atoms with Gasteiger partial charge in [0.15, 0.2) is 0 Å². The Balaban J connectivity index is 0.000000428. The second kappa shape index (κ2) is 17.7. The number of likely N-dealkylation sites (N-methyl/N-ethyl adjacent to an activating group) is 1. The van der Waals surface area contributed by atoms with Crippen LogP contribution in [-0.4, -0.2) is 68.1 Å². The zero-order valence-corrected chi connectivity index (χ0v) is 25.5. The molecule has 0 bridgehead atoms. The number of carbonyl (C=O) groups excluding carboxylic acids is 1. The van der Waals surface area contributed by atoms with E-state index < -0.39 is 0 Å². The molecule has 2 aromatic rings. The number of benzene rings is 2. The molecule has 7 heteroatoms. The molecule has 1 N–H and O–H groups in total. The van der Waals surface area contributed by atoms with Gasteiger partial charge in [0.25, 0.3) is 0 Å². The van der Waals surface area contributed by atoms with Crippen LogP contribution in [0, 0.1) is 6.92 Å². The van der Waals surface area contributed by atoms with Crippen LogP contribution in [-0.2, 0) is 4.79 Å². The standard InChI is InChI=1S/C22H34ClN3O2.C7H7Cl.C2H6/c1-3-19(16-25-10-4-5-11-25)28-21-14-18(23)6-7-20(21)17-8-12-26(13-9-17)22(27)15-24-2;1-6-2-4-7(8)5-3-6;1-2/h6-7,14,17,19,24H,3-5,8-13,15-16H2,1-2H3;2-5H,1H3;1-2H3. The van der Waals surface area contributed by atoms with Gasteiger partial charge in [-0.05, 0) is 94.9 Å². The highest BCUT2D eigenvalue weighted by molar-refractivity contribution is 6.30. The van der Waals surface area contributed by atoms with E-state index in [2.05, 4.69) is 23.2 Å². The number of piperidine rings is 1. The topological polar surface area (TPSA) is 44.8 Å². The SMILES string of the molecule is CC.CCC(CN1CCCC1)Oc1cc(Cl)ccc1C1CCN(C(=O)CNC)CC1.Cc1ccc(Cl)cc1. The van der Waals surface area contributed by atoms with E-state index in [0.29, 0.717) is 12.5 Å². The fourth-order valence-corrected chi connectivity index (χ4v) is 5.15. The average molecular weight is 565 g/mol. The highest BCUT2D eigenvalue weighted by Gasteiger charge is 2.26. The van der Waals surface area contributed by atoms with E-state index in [0.717, 1.165) is 54.7 Å². The van der Waals surface area contributed by atoms with E-state index in [-0.39, 0.29) is 12.0 Å². The Morgan fingerprint density at radius 3 is 2.16 bits per heavy atom. The molecule has 2 saturated heterocycles. The second-order valence-electron chi connectivity index (χ2n) is 9.82. The van der Waals surface area contributed by atoms with E-state index >= 15 is 0 Å². The van der Waals surface area contributed by atoms with Gasteiger partial charge in [-0.15, -0.1) is 0 Å². The Bertz CT molecular complexity index is 920. The first-order chi connectivity index (χ1) is 18.4. The van der Waals surface area contributed by atoms with Gasteiger partial charge >= 0.3 is 0 Å². The van der Waals surface area contributed by atoms with Crippen LogP contribution in [0.15, 0.2) is 42.5 Å². The number of amides is 1. The van der Waals surface area contributed by atoms with Crippen LogP contribution >= 0.6 is 23.2 Å². The molecule has 1 amide bonds. The summed E-state index contributed by atoms with van der Waals surface area (Å²) in [7, 11) is 1.81. The number of halogens is 2. The molecule has 0 spiro atoms. The van der Waals surface area contributed by atoms with Crippen LogP contribution in [0.25, 0.3) is 0 Å². The van der Waals surface area contributed by atoms with Gasteiger partial charge in [-0.25, -0.2) is 0 Å². The molecule has 0 saturated carbocycles. The Hall–Kier alpha value is -1.79. The van der Waals surface area contributed by atoms with Crippen LogP contribution in [0.3, 0.4) is 0 Å². The van der Waals surface area contributed by atoms with Crippen molar-refractivity contribution in [3.8, 4) is 5.75 Å². The summed E-state index contributed by atoms with van der Waals surface area (Å²) in [6.07, 6.45) is 5.70. The van der Waals surface area contributed by atoms with Gasteiger partial charge in [0.2, 0.25) is 5.91 Å². The first-order valence-corrected chi connectivity index (χ1v) is 15.0. The van der Waals surface area contributed by atoms with E-state index in [4.69, 9.17) is 27.9 Å². The summed E-state index contributed by atoms with van der Waals surface area (Å²) in [5.41, 5.74) is 2.49. The van der Waals surface area contributed by atoms with Crippen LogP contribution < -0.4 is 10.1 Å². The lowest BCUT2D eigenvalue weighted by Crippen LogP contribution is -2.42. The maximum atomic E-state index is 12.1. The van der Waals surface area contributed by atoms with Crippen molar-refractivity contribution in [3.05, 3.63) is 63.6 Å². The molecule has 38 heavy (non-hydrogen) atoms. The first kappa shape index (κ1) is 32.4. The molecule has 2 fully saturated rings. The van der Waals surface area contributed by atoms with Crippen molar-refractivity contribution >= 4 is 29.1 Å². The smallest absolute Gasteiger partial charge is 0.236 e. The van der Waals surface area contributed by atoms with Gasteiger partial charge in [-0.2, -0.15) is 0 Å². The minimum Gasteiger partial charge on any atom is -0.489 e. The maximum absolute atomic E-state index is 12.1. The van der Waals surface area contributed by atoms with Gasteiger partial charge in [0, 0.05) is 29.7 Å². The number of carbonyl (C=O) groups is 1. The van der Waals surface area contributed by atoms with E-state index in [1.165, 1.54) is 37.1 Å². The first-order valence-electron chi connectivity index (χ1n) is 14.2. The summed E-state index contributed by atoms with van der Waals surface area (Å²) in [4.78, 5) is 16.6. The van der Waals surface area contributed by atoms with Crippen molar-refractivity contribution in [1.82, 2.24) is 15.1 Å². The van der Waals surface area contributed by atoms with Gasteiger partial charge in [0.05, 0.1) is 6.54 Å². The molecular formula is C31H47Cl2N3O2. The summed E-state index contributed by atoms with van der Waals surface area (Å²) < 4.78 is 6.49. The average Bonchev–Trinajstić information content (AvgIpc) is 3.45. The predicted octanol–water partition coefficient (Wildman–Crippen LogP) is 7.19. The number of hydrogen-bond acceptors (Lipinski definition) is 4. The number of aryl methyl sites for hydroxylation is 1. The second-order valence-corrected chi connectivity index (χ2v) is 10.7. The zero-order valence-electron chi connectivity index (χ0n) is 23.9. The molecular weight excluding hydrogens is 517 g/mol. The normalized spacial score (nSPS) is 16.7. The molecule has 4 rings (SSSR count). The Morgan fingerprint density at radius 2 is 1.61 bits per heavy atom.